The lowest BCUT2D eigenvalue weighted by Gasteiger charge is -2.35. The van der Waals surface area contributed by atoms with Gasteiger partial charge in [0.1, 0.15) is 0 Å². The van der Waals surface area contributed by atoms with Gasteiger partial charge >= 0.3 is 0 Å². The SMILES string of the molecule is C[Si+]([N-]C(C)(C)C)C(C)(C)C. The second-order valence-electron chi connectivity index (χ2n) is 5.12. The van der Waals surface area contributed by atoms with Crippen molar-refractivity contribution in [3.8, 4) is 0 Å². The van der Waals surface area contributed by atoms with E-state index < -0.39 is 8.96 Å². The minimum absolute atomic E-state index is 0.149. The lowest BCUT2D eigenvalue weighted by molar-refractivity contribution is 0.659. The molecule has 0 saturated carbocycles. The predicted molar refractivity (Wildman–Crippen MR) is 54.4 cm³/mol. The zero-order valence-corrected chi connectivity index (χ0v) is 9.95. The molecule has 11 heavy (non-hydrogen) atoms. The first-order chi connectivity index (χ1) is 4.63. The maximum Gasteiger partial charge on any atom is 0.217 e. The van der Waals surface area contributed by atoms with E-state index in [2.05, 4.69) is 48.1 Å². The molecule has 0 saturated heterocycles. The van der Waals surface area contributed by atoms with Crippen molar-refractivity contribution in [3.05, 3.63) is 4.98 Å². The Balaban J connectivity index is 3.99. The van der Waals surface area contributed by atoms with Crippen LogP contribution in [0.2, 0.25) is 11.6 Å². The molecule has 0 rings (SSSR count). The monoisotopic (exact) mass is 171 g/mol. The Kier molecular flexibility index (Phi) is 3.33. The van der Waals surface area contributed by atoms with Crippen molar-refractivity contribution >= 4 is 8.96 Å². The van der Waals surface area contributed by atoms with Crippen molar-refractivity contribution < 1.29 is 0 Å². The van der Waals surface area contributed by atoms with E-state index in [1.54, 1.807) is 0 Å². The Morgan fingerprint density at radius 3 is 1.36 bits per heavy atom. The minimum atomic E-state index is -0.538. The molecule has 0 aliphatic carbocycles. The second kappa shape index (κ2) is 3.28. The van der Waals surface area contributed by atoms with Crippen molar-refractivity contribution in [1.82, 2.24) is 0 Å². The lowest BCUT2D eigenvalue weighted by Crippen LogP contribution is -2.29. The van der Waals surface area contributed by atoms with Gasteiger partial charge in [-0.25, -0.2) is 0 Å². The molecule has 66 valence electrons. The first-order valence-electron chi connectivity index (χ1n) is 4.20. The van der Waals surface area contributed by atoms with Crippen LogP contribution in [0.3, 0.4) is 0 Å². The van der Waals surface area contributed by atoms with Crippen LogP contribution in [0.25, 0.3) is 4.98 Å². The summed E-state index contributed by atoms with van der Waals surface area (Å²) >= 11 is 0. The Labute approximate surface area is 73.3 Å². The fourth-order valence-corrected chi connectivity index (χ4v) is 2.01. The van der Waals surface area contributed by atoms with Crippen LogP contribution in [0, 0.1) is 0 Å². The molecule has 0 aromatic heterocycles. The van der Waals surface area contributed by atoms with Gasteiger partial charge < -0.3 is 4.98 Å². The summed E-state index contributed by atoms with van der Waals surface area (Å²) < 4.78 is 0. The lowest BCUT2D eigenvalue weighted by atomic mass is 10.1. The van der Waals surface area contributed by atoms with E-state index in [0.29, 0.717) is 5.04 Å². The highest BCUT2D eigenvalue weighted by Gasteiger charge is 2.29. The second-order valence-corrected chi connectivity index (χ2v) is 8.01. The van der Waals surface area contributed by atoms with Gasteiger partial charge in [0.05, 0.1) is 5.04 Å². The Morgan fingerprint density at radius 2 is 1.27 bits per heavy atom. The van der Waals surface area contributed by atoms with Crippen LogP contribution in [0.4, 0.5) is 0 Å². The summed E-state index contributed by atoms with van der Waals surface area (Å²) in [5.41, 5.74) is 0.149. The third-order valence-electron chi connectivity index (χ3n) is 1.59. The maximum absolute atomic E-state index is 4.78. The van der Waals surface area contributed by atoms with Gasteiger partial charge in [-0.1, -0.05) is 20.8 Å². The standard InChI is InChI=1S/C9H21NSi/c1-8(2,3)10-11(7)9(4,5)6/h1-7H3. The first kappa shape index (κ1) is 11.2. The van der Waals surface area contributed by atoms with Gasteiger partial charge in [0.25, 0.3) is 0 Å². The summed E-state index contributed by atoms with van der Waals surface area (Å²) in [5.74, 6) is 0. The smallest absolute Gasteiger partial charge is 0.217 e. The van der Waals surface area contributed by atoms with E-state index in [1.807, 2.05) is 0 Å². The maximum atomic E-state index is 4.78. The largest absolute Gasteiger partial charge is 0.493 e. The van der Waals surface area contributed by atoms with Gasteiger partial charge in [-0.2, -0.15) is 0 Å². The molecule has 0 aromatic rings. The molecule has 0 aromatic carbocycles. The Morgan fingerprint density at radius 1 is 0.909 bits per heavy atom. The van der Waals surface area contributed by atoms with Gasteiger partial charge in [-0.15, -0.1) is 5.54 Å². The number of hydrogen-bond donors (Lipinski definition) is 0. The quantitative estimate of drug-likeness (QED) is 0.535. The summed E-state index contributed by atoms with van der Waals surface area (Å²) in [6.07, 6.45) is 0. The fourth-order valence-electron chi connectivity index (χ4n) is 0.671. The highest BCUT2D eigenvalue weighted by Crippen LogP contribution is 2.33. The van der Waals surface area contributed by atoms with E-state index in [-0.39, 0.29) is 5.54 Å². The summed E-state index contributed by atoms with van der Waals surface area (Å²) in [5, 5.41) is 0.401. The molecule has 0 heterocycles. The molecule has 0 radical (unpaired) electrons. The molecule has 0 unspecified atom stereocenters. The highest BCUT2D eigenvalue weighted by atomic mass is 28.3. The molecule has 1 nitrogen and oxygen atoms in total. The first-order valence-corrected chi connectivity index (χ1v) is 6.14. The Bertz CT molecular complexity index is 119. The van der Waals surface area contributed by atoms with Gasteiger partial charge in [0, 0.05) is 6.55 Å². The summed E-state index contributed by atoms with van der Waals surface area (Å²) in [4.78, 5) is 4.78. The van der Waals surface area contributed by atoms with Crippen molar-refractivity contribution in [1.29, 1.82) is 0 Å². The van der Waals surface area contributed by atoms with Crippen molar-refractivity contribution in [2.75, 3.05) is 0 Å². The van der Waals surface area contributed by atoms with Crippen molar-refractivity contribution in [2.24, 2.45) is 0 Å². The van der Waals surface area contributed by atoms with Crippen LogP contribution in [0.5, 0.6) is 0 Å². The summed E-state index contributed by atoms with van der Waals surface area (Å²) in [6, 6.07) is 0. The van der Waals surface area contributed by atoms with E-state index in [0.717, 1.165) is 0 Å². The molecule has 0 bridgehead atoms. The third kappa shape index (κ3) is 5.45. The van der Waals surface area contributed by atoms with Crippen LogP contribution >= 0.6 is 0 Å². The van der Waals surface area contributed by atoms with Crippen LogP contribution in [0.1, 0.15) is 41.5 Å². The predicted octanol–water partition coefficient (Wildman–Crippen LogP) is 3.58. The zero-order valence-electron chi connectivity index (χ0n) is 8.95. The van der Waals surface area contributed by atoms with Gasteiger partial charge in [-0.05, 0) is 20.8 Å². The highest BCUT2D eigenvalue weighted by molar-refractivity contribution is 6.65. The van der Waals surface area contributed by atoms with E-state index in [9.17, 15) is 0 Å². The van der Waals surface area contributed by atoms with Crippen LogP contribution in [-0.2, 0) is 0 Å². The molecule has 0 aliphatic rings. The molecule has 0 atom stereocenters. The van der Waals surface area contributed by atoms with Crippen LogP contribution in [-0.4, -0.2) is 14.5 Å². The van der Waals surface area contributed by atoms with E-state index >= 15 is 0 Å². The van der Waals surface area contributed by atoms with Crippen molar-refractivity contribution in [2.45, 2.75) is 58.7 Å². The van der Waals surface area contributed by atoms with Gasteiger partial charge in [0.2, 0.25) is 8.96 Å². The molecule has 0 fully saturated rings. The summed E-state index contributed by atoms with van der Waals surface area (Å²) in [6.45, 7) is 15.6. The summed E-state index contributed by atoms with van der Waals surface area (Å²) in [7, 11) is -0.538. The molecular formula is C9H21NSi. The number of nitrogens with zero attached hydrogens (tertiary/aromatic N) is 1. The average Bonchev–Trinajstić information content (AvgIpc) is 1.56. The van der Waals surface area contributed by atoms with Crippen LogP contribution < -0.4 is 0 Å². The topological polar surface area (TPSA) is 14.1 Å². The fraction of sp³-hybridized carbons (Fsp3) is 1.00. The average molecular weight is 171 g/mol. The molecule has 2 heteroatoms. The van der Waals surface area contributed by atoms with E-state index in [1.165, 1.54) is 0 Å². The van der Waals surface area contributed by atoms with Crippen molar-refractivity contribution in [3.63, 3.8) is 0 Å². The van der Waals surface area contributed by atoms with Crippen LogP contribution in [0.15, 0.2) is 0 Å². The molecule has 0 amide bonds. The zero-order chi connectivity index (χ0) is 9.28. The minimum Gasteiger partial charge on any atom is -0.493 e. The Hall–Kier alpha value is 0.177. The molecule has 0 N–H and O–H groups in total. The van der Waals surface area contributed by atoms with Gasteiger partial charge in [-0.3, -0.25) is 0 Å². The third-order valence-corrected chi connectivity index (χ3v) is 4.77. The molecule has 0 spiro atoms. The molecule has 0 aliphatic heterocycles. The van der Waals surface area contributed by atoms with Gasteiger partial charge in [0.15, 0.2) is 0 Å². The number of hydrogen-bond acceptors (Lipinski definition) is 0. The molecular weight excluding hydrogens is 150 g/mol. The number of rotatable bonds is 1. The normalized spacial score (nSPS) is 13.4. The van der Waals surface area contributed by atoms with E-state index in [4.69, 9.17) is 4.98 Å².